The van der Waals surface area contributed by atoms with Gasteiger partial charge in [0.15, 0.2) is 0 Å². The highest BCUT2D eigenvalue weighted by Crippen LogP contribution is 2.33. The fourth-order valence-corrected chi connectivity index (χ4v) is 2.00. The first kappa shape index (κ1) is 13.2. The van der Waals surface area contributed by atoms with E-state index >= 15 is 0 Å². The van der Waals surface area contributed by atoms with Crippen molar-refractivity contribution in [3.05, 3.63) is 59.2 Å². The summed E-state index contributed by atoms with van der Waals surface area (Å²) in [4.78, 5) is 10.8. The molecule has 0 unspecified atom stereocenters. The molecule has 0 saturated heterocycles. The van der Waals surface area contributed by atoms with Gasteiger partial charge < -0.3 is 5.11 Å². The van der Waals surface area contributed by atoms with Gasteiger partial charge in [-0.25, -0.2) is 13.6 Å². The van der Waals surface area contributed by atoms with Crippen molar-refractivity contribution < 1.29 is 18.7 Å². The number of carbonyl (C=O) groups is 1. The van der Waals surface area contributed by atoms with Crippen molar-refractivity contribution in [2.75, 3.05) is 0 Å². The third kappa shape index (κ3) is 2.62. The Balaban J connectivity index is 2.64. The molecule has 0 spiro atoms. The molecule has 2 rings (SSSR count). The van der Waals surface area contributed by atoms with Crippen LogP contribution in [0.25, 0.3) is 11.1 Å². The molecule has 1 N–H and O–H groups in total. The Kier molecular flexibility index (Phi) is 3.60. The number of hydrogen-bond donors (Lipinski definition) is 1. The van der Waals surface area contributed by atoms with Crippen LogP contribution in [0.4, 0.5) is 8.78 Å². The number of halogens is 2. The molecule has 0 amide bonds. The number of alkyl halides is 2. The van der Waals surface area contributed by atoms with Crippen LogP contribution in [0, 0.1) is 6.92 Å². The van der Waals surface area contributed by atoms with E-state index in [9.17, 15) is 13.6 Å². The van der Waals surface area contributed by atoms with E-state index in [1.54, 1.807) is 12.1 Å². The van der Waals surface area contributed by atoms with Gasteiger partial charge in [-0.15, -0.1) is 0 Å². The predicted octanol–water partition coefficient (Wildman–Crippen LogP) is 4.30. The second-order valence-corrected chi connectivity index (χ2v) is 4.22. The monoisotopic (exact) mass is 262 g/mol. The van der Waals surface area contributed by atoms with Gasteiger partial charge in [0.25, 0.3) is 6.43 Å². The SMILES string of the molecule is Cc1ccccc1-c1ccc(C(=O)O)cc1C(F)F. The van der Waals surface area contributed by atoms with E-state index < -0.39 is 12.4 Å². The summed E-state index contributed by atoms with van der Waals surface area (Å²) in [5.41, 5.74) is 1.54. The highest BCUT2D eigenvalue weighted by Gasteiger charge is 2.17. The van der Waals surface area contributed by atoms with Crippen LogP contribution in [-0.2, 0) is 0 Å². The summed E-state index contributed by atoms with van der Waals surface area (Å²) in [7, 11) is 0. The number of aryl methyl sites for hydroxylation is 1. The van der Waals surface area contributed by atoms with Crippen molar-refractivity contribution in [3.8, 4) is 11.1 Å². The summed E-state index contributed by atoms with van der Waals surface area (Å²) in [6, 6.07) is 11.0. The van der Waals surface area contributed by atoms with Gasteiger partial charge >= 0.3 is 5.97 Å². The Hall–Kier alpha value is -2.23. The zero-order chi connectivity index (χ0) is 14.0. The van der Waals surface area contributed by atoms with Gasteiger partial charge in [0.05, 0.1) is 5.56 Å². The molecule has 2 aromatic carbocycles. The summed E-state index contributed by atoms with van der Waals surface area (Å²) in [5.74, 6) is -1.21. The molecule has 0 bridgehead atoms. The molecule has 0 heterocycles. The molecule has 0 aliphatic carbocycles. The van der Waals surface area contributed by atoms with E-state index in [1.165, 1.54) is 12.1 Å². The van der Waals surface area contributed by atoms with Crippen LogP contribution < -0.4 is 0 Å². The van der Waals surface area contributed by atoms with Crippen LogP contribution in [0.1, 0.15) is 27.9 Å². The molecular formula is C15H12F2O2. The fourth-order valence-electron chi connectivity index (χ4n) is 2.00. The molecule has 98 valence electrons. The molecule has 0 radical (unpaired) electrons. The van der Waals surface area contributed by atoms with Gasteiger partial charge in [-0.2, -0.15) is 0 Å². The minimum atomic E-state index is -2.71. The van der Waals surface area contributed by atoms with Crippen LogP contribution >= 0.6 is 0 Å². The first-order valence-corrected chi connectivity index (χ1v) is 5.72. The molecule has 0 saturated carbocycles. The highest BCUT2D eigenvalue weighted by atomic mass is 19.3. The minimum absolute atomic E-state index is 0.132. The van der Waals surface area contributed by atoms with E-state index in [1.807, 2.05) is 19.1 Å². The van der Waals surface area contributed by atoms with Gasteiger partial charge in [0.1, 0.15) is 0 Å². The Bertz CT molecular complexity index is 621. The lowest BCUT2D eigenvalue weighted by molar-refractivity contribution is 0.0696. The lowest BCUT2D eigenvalue weighted by Crippen LogP contribution is -2.00. The first-order chi connectivity index (χ1) is 9.00. The Labute approximate surface area is 109 Å². The summed E-state index contributed by atoms with van der Waals surface area (Å²) in [6.45, 7) is 1.83. The largest absolute Gasteiger partial charge is 0.478 e. The van der Waals surface area contributed by atoms with E-state index in [0.717, 1.165) is 11.6 Å². The van der Waals surface area contributed by atoms with Gasteiger partial charge in [0.2, 0.25) is 0 Å². The molecule has 0 fully saturated rings. The molecule has 0 atom stereocenters. The smallest absolute Gasteiger partial charge is 0.335 e. The molecular weight excluding hydrogens is 250 g/mol. The van der Waals surface area contributed by atoms with Gasteiger partial charge in [0, 0.05) is 5.56 Å². The highest BCUT2D eigenvalue weighted by molar-refractivity contribution is 5.89. The van der Waals surface area contributed by atoms with E-state index in [0.29, 0.717) is 11.1 Å². The van der Waals surface area contributed by atoms with Crippen molar-refractivity contribution in [2.24, 2.45) is 0 Å². The maximum absolute atomic E-state index is 13.1. The molecule has 0 aliphatic rings. The Morgan fingerprint density at radius 3 is 2.37 bits per heavy atom. The van der Waals surface area contributed by atoms with Crippen molar-refractivity contribution >= 4 is 5.97 Å². The van der Waals surface area contributed by atoms with Crippen molar-refractivity contribution in [3.63, 3.8) is 0 Å². The van der Waals surface area contributed by atoms with E-state index in [-0.39, 0.29) is 11.1 Å². The predicted molar refractivity (Wildman–Crippen MR) is 68.5 cm³/mol. The lowest BCUT2D eigenvalue weighted by atomic mass is 9.94. The van der Waals surface area contributed by atoms with Gasteiger partial charge in [-0.05, 0) is 35.7 Å². The summed E-state index contributed by atoms with van der Waals surface area (Å²) < 4.78 is 26.2. The summed E-state index contributed by atoms with van der Waals surface area (Å²) >= 11 is 0. The van der Waals surface area contributed by atoms with Crippen LogP contribution in [0.2, 0.25) is 0 Å². The normalized spacial score (nSPS) is 10.7. The molecule has 0 aliphatic heterocycles. The average molecular weight is 262 g/mol. The zero-order valence-electron chi connectivity index (χ0n) is 10.2. The number of rotatable bonds is 3. The first-order valence-electron chi connectivity index (χ1n) is 5.72. The fraction of sp³-hybridized carbons (Fsp3) is 0.133. The second-order valence-electron chi connectivity index (χ2n) is 4.22. The second kappa shape index (κ2) is 5.18. The molecule has 4 heteroatoms. The van der Waals surface area contributed by atoms with Gasteiger partial charge in [-0.1, -0.05) is 30.3 Å². The van der Waals surface area contributed by atoms with E-state index in [2.05, 4.69) is 0 Å². The summed E-state index contributed by atoms with van der Waals surface area (Å²) in [6.07, 6.45) is -2.71. The Morgan fingerprint density at radius 1 is 1.11 bits per heavy atom. The zero-order valence-corrected chi connectivity index (χ0v) is 10.2. The maximum atomic E-state index is 13.1. The lowest BCUT2D eigenvalue weighted by Gasteiger charge is -2.12. The minimum Gasteiger partial charge on any atom is -0.478 e. The molecule has 2 nitrogen and oxygen atoms in total. The topological polar surface area (TPSA) is 37.3 Å². The van der Waals surface area contributed by atoms with Crippen molar-refractivity contribution in [1.82, 2.24) is 0 Å². The number of hydrogen-bond acceptors (Lipinski definition) is 1. The summed E-state index contributed by atoms with van der Waals surface area (Å²) in [5, 5.41) is 8.86. The third-order valence-corrected chi connectivity index (χ3v) is 2.97. The number of carboxylic acids is 1. The standard InChI is InChI=1S/C15H12F2O2/c1-9-4-2-3-5-11(9)12-7-6-10(15(18)19)8-13(12)14(16)17/h2-8,14H,1H3,(H,18,19). The van der Waals surface area contributed by atoms with Crippen LogP contribution in [0.5, 0.6) is 0 Å². The van der Waals surface area contributed by atoms with Crippen LogP contribution in [0.3, 0.4) is 0 Å². The van der Waals surface area contributed by atoms with Crippen molar-refractivity contribution in [1.29, 1.82) is 0 Å². The van der Waals surface area contributed by atoms with Gasteiger partial charge in [-0.3, -0.25) is 0 Å². The number of aromatic carboxylic acids is 1. The quantitative estimate of drug-likeness (QED) is 0.895. The molecule has 19 heavy (non-hydrogen) atoms. The third-order valence-electron chi connectivity index (χ3n) is 2.97. The molecule has 0 aromatic heterocycles. The van der Waals surface area contributed by atoms with Crippen molar-refractivity contribution in [2.45, 2.75) is 13.3 Å². The Morgan fingerprint density at radius 2 is 1.79 bits per heavy atom. The number of carboxylic acid groups (broad SMARTS) is 1. The van der Waals surface area contributed by atoms with Crippen LogP contribution in [0.15, 0.2) is 42.5 Å². The maximum Gasteiger partial charge on any atom is 0.335 e. The van der Waals surface area contributed by atoms with E-state index in [4.69, 9.17) is 5.11 Å². The average Bonchev–Trinajstić information content (AvgIpc) is 2.38. The molecule has 2 aromatic rings. The number of benzene rings is 2. The van der Waals surface area contributed by atoms with Crippen LogP contribution in [-0.4, -0.2) is 11.1 Å².